The number of nitrogens with zero attached hydrogens (tertiary/aromatic N) is 3. The number of hydrogen-bond donors (Lipinski definition) is 0. The van der Waals surface area contributed by atoms with E-state index in [-0.39, 0.29) is 5.97 Å². The summed E-state index contributed by atoms with van der Waals surface area (Å²) < 4.78 is 12.4. The lowest BCUT2D eigenvalue weighted by Crippen LogP contribution is -2.17. The molecule has 0 aliphatic carbocycles. The number of esters is 1. The van der Waals surface area contributed by atoms with Crippen molar-refractivity contribution in [3.8, 4) is 22.8 Å². The normalized spacial score (nSPS) is 11.8. The smallest absolute Gasteiger partial charge is 0.319 e. The summed E-state index contributed by atoms with van der Waals surface area (Å²) >= 11 is 1.32. The first-order chi connectivity index (χ1) is 13.1. The zero-order chi connectivity index (χ0) is 19.2. The van der Waals surface area contributed by atoms with Gasteiger partial charge in [0.2, 0.25) is 0 Å². The molecule has 0 amide bonds. The molecule has 0 fully saturated rings. The van der Waals surface area contributed by atoms with Crippen LogP contribution in [0.2, 0.25) is 0 Å². The topological polar surface area (TPSA) is 66.2 Å². The Hall–Kier alpha value is -2.80. The van der Waals surface area contributed by atoms with Crippen molar-refractivity contribution in [2.45, 2.75) is 24.3 Å². The molecule has 6 nitrogen and oxygen atoms in total. The molecule has 0 aliphatic rings. The van der Waals surface area contributed by atoms with Crippen LogP contribution in [0.25, 0.3) is 17.1 Å². The molecule has 7 heteroatoms. The first-order valence-electron chi connectivity index (χ1n) is 8.62. The van der Waals surface area contributed by atoms with Crippen molar-refractivity contribution in [2.24, 2.45) is 0 Å². The number of carbonyl (C=O) groups excluding carboxylic acids is 1. The summed E-state index contributed by atoms with van der Waals surface area (Å²) in [6.07, 6.45) is 0. The van der Waals surface area contributed by atoms with Crippen molar-refractivity contribution in [3.05, 3.63) is 54.6 Å². The Balaban J connectivity index is 2.04. The van der Waals surface area contributed by atoms with Crippen molar-refractivity contribution in [1.82, 2.24) is 14.8 Å². The van der Waals surface area contributed by atoms with Gasteiger partial charge in [-0.05, 0) is 38.1 Å². The van der Waals surface area contributed by atoms with Crippen molar-refractivity contribution < 1.29 is 14.3 Å². The molecule has 0 spiro atoms. The van der Waals surface area contributed by atoms with Crippen LogP contribution < -0.4 is 4.74 Å². The second-order valence-electron chi connectivity index (χ2n) is 5.72. The average Bonchev–Trinajstić information content (AvgIpc) is 3.12. The van der Waals surface area contributed by atoms with E-state index < -0.39 is 5.25 Å². The number of aromatic nitrogens is 3. The molecule has 3 aromatic rings. The van der Waals surface area contributed by atoms with E-state index in [0.29, 0.717) is 17.6 Å². The molecule has 0 N–H and O–H groups in total. The van der Waals surface area contributed by atoms with Crippen molar-refractivity contribution in [2.75, 3.05) is 13.7 Å². The number of methoxy groups -OCH3 is 1. The Morgan fingerprint density at radius 3 is 2.63 bits per heavy atom. The first kappa shape index (κ1) is 19.0. The Bertz CT molecular complexity index is 912. The van der Waals surface area contributed by atoms with Gasteiger partial charge in [0.1, 0.15) is 11.0 Å². The second kappa shape index (κ2) is 8.73. The van der Waals surface area contributed by atoms with Crippen LogP contribution in [0.3, 0.4) is 0 Å². The van der Waals surface area contributed by atoms with E-state index in [2.05, 4.69) is 10.2 Å². The van der Waals surface area contributed by atoms with E-state index in [1.54, 1.807) is 21.0 Å². The van der Waals surface area contributed by atoms with Crippen LogP contribution in [0.4, 0.5) is 0 Å². The van der Waals surface area contributed by atoms with Crippen LogP contribution >= 0.6 is 11.8 Å². The van der Waals surface area contributed by atoms with E-state index in [4.69, 9.17) is 9.47 Å². The second-order valence-corrected chi connectivity index (χ2v) is 7.03. The lowest BCUT2D eigenvalue weighted by Gasteiger charge is -2.13. The molecule has 0 saturated carbocycles. The molecule has 1 atom stereocenters. The largest absolute Gasteiger partial charge is 0.497 e. The molecule has 27 heavy (non-hydrogen) atoms. The van der Waals surface area contributed by atoms with Crippen LogP contribution in [0.1, 0.15) is 13.8 Å². The highest BCUT2D eigenvalue weighted by Gasteiger charge is 2.22. The summed E-state index contributed by atoms with van der Waals surface area (Å²) in [7, 11) is 1.63. The monoisotopic (exact) mass is 383 g/mol. The summed E-state index contributed by atoms with van der Waals surface area (Å²) in [6.45, 7) is 3.95. The summed E-state index contributed by atoms with van der Waals surface area (Å²) in [5, 5.41) is 8.95. The summed E-state index contributed by atoms with van der Waals surface area (Å²) in [4.78, 5) is 12.0. The third-order valence-corrected chi connectivity index (χ3v) is 4.90. The van der Waals surface area contributed by atoms with Crippen LogP contribution in [-0.2, 0) is 9.53 Å². The third kappa shape index (κ3) is 4.31. The third-order valence-electron chi connectivity index (χ3n) is 3.88. The van der Waals surface area contributed by atoms with Crippen molar-refractivity contribution >= 4 is 17.7 Å². The molecule has 1 heterocycles. The molecule has 140 valence electrons. The Labute approximate surface area is 162 Å². The molecule has 2 aromatic carbocycles. The minimum atomic E-state index is -0.394. The van der Waals surface area contributed by atoms with E-state index >= 15 is 0 Å². The summed E-state index contributed by atoms with van der Waals surface area (Å²) in [6, 6.07) is 17.5. The zero-order valence-corrected chi connectivity index (χ0v) is 16.3. The molecule has 1 aromatic heterocycles. The van der Waals surface area contributed by atoms with E-state index in [1.807, 2.05) is 59.2 Å². The first-order valence-corrected chi connectivity index (χ1v) is 9.50. The lowest BCUT2D eigenvalue weighted by atomic mass is 10.2. The highest BCUT2D eigenvalue weighted by molar-refractivity contribution is 8.00. The van der Waals surface area contributed by atoms with Gasteiger partial charge in [-0.15, -0.1) is 10.2 Å². The molecular formula is C20H21N3O3S. The number of hydrogen-bond acceptors (Lipinski definition) is 6. The summed E-state index contributed by atoms with van der Waals surface area (Å²) in [5.74, 6) is 1.15. The molecule has 0 saturated heterocycles. The average molecular weight is 383 g/mol. The Kier molecular flexibility index (Phi) is 6.13. The van der Waals surface area contributed by atoms with Crippen LogP contribution in [0, 0.1) is 0 Å². The van der Waals surface area contributed by atoms with Crippen LogP contribution in [0.5, 0.6) is 5.75 Å². The highest BCUT2D eigenvalue weighted by Crippen LogP contribution is 2.31. The van der Waals surface area contributed by atoms with Gasteiger partial charge in [-0.3, -0.25) is 9.36 Å². The fourth-order valence-corrected chi connectivity index (χ4v) is 3.44. The lowest BCUT2D eigenvalue weighted by molar-refractivity contribution is -0.142. The van der Waals surface area contributed by atoms with Crippen LogP contribution in [0.15, 0.2) is 59.8 Å². The maximum Gasteiger partial charge on any atom is 0.319 e. The highest BCUT2D eigenvalue weighted by atomic mass is 32.2. The SMILES string of the molecule is CCOC(=O)C(C)Sc1nnc(-c2cccc(OC)c2)n1-c1ccccc1. The minimum Gasteiger partial charge on any atom is -0.497 e. The fourth-order valence-electron chi connectivity index (χ4n) is 2.57. The molecule has 3 rings (SSSR count). The van der Waals surface area contributed by atoms with E-state index in [9.17, 15) is 4.79 Å². The number of thioether (sulfide) groups is 1. The van der Waals surface area contributed by atoms with Crippen molar-refractivity contribution in [3.63, 3.8) is 0 Å². The van der Waals surface area contributed by atoms with E-state index in [0.717, 1.165) is 17.0 Å². The fraction of sp³-hybridized carbons (Fsp3) is 0.250. The van der Waals surface area contributed by atoms with Crippen molar-refractivity contribution in [1.29, 1.82) is 0 Å². The number of rotatable bonds is 7. The van der Waals surface area contributed by atoms with Gasteiger partial charge >= 0.3 is 5.97 Å². The Morgan fingerprint density at radius 1 is 1.15 bits per heavy atom. The summed E-state index contributed by atoms with van der Waals surface area (Å²) in [5.41, 5.74) is 1.79. The van der Waals surface area contributed by atoms with Gasteiger partial charge in [0.15, 0.2) is 11.0 Å². The van der Waals surface area contributed by atoms with Gasteiger partial charge in [0.05, 0.1) is 13.7 Å². The van der Waals surface area contributed by atoms with Gasteiger partial charge in [0, 0.05) is 11.3 Å². The van der Waals surface area contributed by atoms with Gasteiger partial charge in [-0.2, -0.15) is 0 Å². The van der Waals surface area contributed by atoms with Gasteiger partial charge in [-0.1, -0.05) is 42.1 Å². The number of carbonyl (C=O) groups is 1. The van der Waals surface area contributed by atoms with Gasteiger partial charge < -0.3 is 9.47 Å². The maximum atomic E-state index is 12.0. The van der Waals surface area contributed by atoms with Crippen LogP contribution in [-0.4, -0.2) is 39.7 Å². The molecule has 1 unspecified atom stereocenters. The standard InChI is InChI=1S/C20H21N3O3S/c1-4-26-19(24)14(2)27-20-22-21-18(15-9-8-12-17(13-15)25-3)23(20)16-10-6-5-7-11-16/h5-14H,4H2,1-3H3. The van der Waals surface area contributed by atoms with Gasteiger partial charge in [0.25, 0.3) is 0 Å². The quantitative estimate of drug-likeness (QED) is 0.454. The zero-order valence-electron chi connectivity index (χ0n) is 15.5. The molecule has 0 bridgehead atoms. The maximum absolute atomic E-state index is 12.0. The predicted molar refractivity (Wildman–Crippen MR) is 105 cm³/mol. The number of benzene rings is 2. The molecular weight excluding hydrogens is 362 g/mol. The molecule has 0 aliphatic heterocycles. The number of ether oxygens (including phenoxy) is 2. The van der Waals surface area contributed by atoms with Gasteiger partial charge in [-0.25, -0.2) is 0 Å². The predicted octanol–water partition coefficient (Wildman–Crippen LogP) is 3.99. The Morgan fingerprint density at radius 2 is 1.93 bits per heavy atom. The molecule has 0 radical (unpaired) electrons. The van der Waals surface area contributed by atoms with E-state index in [1.165, 1.54) is 11.8 Å². The minimum absolute atomic E-state index is 0.270. The number of para-hydroxylation sites is 1.